The van der Waals surface area contributed by atoms with Gasteiger partial charge in [-0.15, -0.1) is 11.8 Å². The van der Waals surface area contributed by atoms with E-state index in [1.54, 1.807) is 42.5 Å². The molecule has 3 aromatic carbocycles. The first-order valence-corrected chi connectivity index (χ1v) is 12.2. The van der Waals surface area contributed by atoms with Crippen molar-refractivity contribution < 1.29 is 29.4 Å². The molecular formula is C25H20Cl2N2O6S. The molecule has 0 aromatic heterocycles. The molecule has 0 aliphatic heterocycles. The lowest BCUT2D eigenvalue weighted by Crippen LogP contribution is -2.24. The Labute approximate surface area is 220 Å². The quantitative estimate of drug-likeness (QED) is 0.236. The van der Waals surface area contributed by atoms with Crippen LogP contribution in [0.1, 0.15) is 44.4 Å². The van der Waals surface area contributed by atoms with Crippen molar-refractivity contribution in [2.75, 3.05) is 10.6 Å². The van der Waals surface area contributed by atoms with Crippen molar-refractivity contribution in [3.05, 3.63) is 87.4 Å². The average molecular weight is 547 g/mol. The highest BCUT2D eigenvalue weighted by Gasteiger charge is 2.21. The number of carbonyl (C=O) groups is 4. The fourth-order valence-electron chi connectivity index (χ4n) is 3.19. The monoisotopic (exact) mass is 546 g/mol. The number of benzene rings is 3. The van der Waals surface area contributed by atoms with E-state index in [1.165, 1.54) is 11.8 Å². The lowest BCUT2D eigenvalue weighted by Gasteiger charge is -2.16. The van der Waals surface area contributed by atoms with E-state index in [9.17, 15) is 24.3 Å². The fraction of sp³-hybridized carbons (Fsp3) is 0.120. The first-order chi connectivity index (χ1) is 17.1. The second kappa shape index (κ2) is 11.9. The molecule has 8 nitrogen and oxygen atoms in total. The number of aromatic carboxylic acids is 2. The van der Waals surface area contributed by atoms with E-state index in [-0.39, 0.29) is 17.0 Å². The van der Waals surface area contributed by atoms with Gasteiger partial charge in [0.1, 0.15) is 0 Å². The molecule has 11 heteroatoms. The van der Waals surface area contributed by atoms with Crippen LogP contribution in [0.4, 0.5) is 11.4 Å². The third-order valence-corrected chi connectivity index (χ3v) is 6.88. The van der Waals surface area contributed by atoms with Crippen LogP contribution in [-0.4, -0.2) is 39.2 Å². The van der Waals surface area contributed by atoms with Gasteiger partial charge in [-0.1, -0.05) is 36.2 Å². The van der Waals surface area contributed by atoms with Crippen LogP contribution in [0, 0.1) is 0 Å². The van der Waals surface area contributed by atoms with Gasteiger partial charge in [0.15, 0.2) is 0 Å². The normalized spacial score (nSPS) is 11.4. The summed E-state index contributed by atoms with van der Waals surface area (Å²) in [6.45, 7) is 1.86. The Hall–Kier alpha value is -3.53. The molecule has 0 saturated heterocycles. The lowest BCUT2D eigenvalue weighted by atomic mass is 10.0. The molecule has 0 aliphatic rings. The number of nitrogens with one attached hydrogen (secondary N) is 2. The Morgan fingerprint density at radius 1 is 0.889 bits per heavy atom. The highest BCUT2D eigenvalue weighted by Crippen LogP contribution is 2.31. The largest absolute Gasteiger partial charge is 0.478 e. The van der Waals surface area contributed by atoms with Gasteiger partial charge in [-0.05, 0) is 61.0 Å². The standard InChI is InChI=1S/C25H20Cl2N2O6S/c1-2-21(23(31)29-20-11-14(26)7-9-19(20)27)36-16-5-3-4-15(12-16)28-22(30)17-8-6-13(24(32)33)10-18(17)25(34)35/h3-12,21H,2H2,1H3,(H,28,30)(H,29,31)(H,32,33)(H,34,35). The SMILES string of the molecule is CCC(Sc1cccc(NC(=O)c2ccc(C(=O)O)cc2C(=O)O)c1)C(=O)Nc1cc(Cl)ccc1Cl. The molecule has 0 aliphatic carbocycles. The first-order valence-electron chi connectivity index (χ1n) is 10.5. The predicted octanol–water partition coefficient (Wildman–Crippen LogP) is 6.15. The van der Waals surface area contributed by atoms with Gasteiger partial charge in [0.05, 0.1) is 32.7 Å². The van der Waals surface area contributed by atoms with Crippen molar-refractivity contribution in [2.24, 2.45) is 0 Å². The highest BCUT2D eigenvalue weighted by molar-refractivity contribution is 8.00. The summed E-state index contributed by atoms with van der Waals surface area (Å²) >= 11 is 13.4. The van der Waals surface area contributed by atoms with E-state index >= 15 is 0 Å². The van der Waals surface area contributed by atoms with Crippen molar-refractivity contribution in [1.82, 2.24) is 0 Å². The van der Waals surface area contributed by atoms with Crippen molar-refractivity contribution in [3.8, 4) is 0 Å². The minimum atomic E-state index is -1.43. The van der Waals surface area contributed by atoms with E-state index in [1.807, 2.05) is 6.92 Å². The molecule has 4 N–H and O–H groups in total. The van der Waals surface area contributed by atoms with Crippen molar-refractivity contribution in [3.63, 3.8) is 0 Å². The summed E-state index contributed by atoms with van der Waals surface area (Å²) in [5.74, 6) is -3.72. The van der Waals surface area contributed by atoms with Gasteiger partial charge in [0, 0.05) is 15.6 Å². The van der Waals surface area contributed by atoms with E-state index in [0.29, 0.717) is 32.7 Å². The van der Waals surface area contributed by atoms with Gasteiger partial charge in [-0.25, -0.2) is 9.59 Å². The number of halogens is 2. The van der Waals surface area contributed by atoms with E-state index in [2.05, 4.69) is 10.6 Å². The molecule has 3 aromatic rings. The van der Waals surface area contributed by atoms with Crippen molar-refractivity contribution in [2.45, 2.75) is 23.5 Å². The Kier molecular flexibility index (Phi) is 8.98. The summed E-state index contributed by atoms with van der Waals surface area (Å²) < 4.78 is 0. The zero-order chi connectivity index (χ0) is 26.4. The Bertz CT molecular complexity index is 1350. The maximum Gasteiger partial charge on any atom is 0.336 e. The maximum atomic E-state index is 12.8. The maximum absolute atomic E-state index is 12.8. The molecule has 0 heterocycles. The van der Waals surface area contributed by atoms with Crippen LogP contribution in [0.15, 0.2) is 65.6 Å². The van der Waals surface area contributed by atoms with Crippen LogP contribution in [0.25, 0.3) is 0 Å². The summed E-state index contributed by atoms with van der Waals surface area (Å²) in [6.07, 6.45) is 0.503. The molecule has 0 radical (unpaired) electrons. The number of carbonyl (C=O) groups excluding carboxylic acids is 2. The third kappa shape index (κ3) is 6.78. The summed E-state index contributed by atoms with van der Waals surface area (Å²) in [5.41, 5.74) is -0.0884. The number of thioether (sulfide) groups is 1. The minimum Gasteiger partial charge on any atom is -0.478 e. The average Bonchev–Trinajstić information content (AvgIpc) is 2.84. The number of hydrogen-bond acceptors (Lipinski definition) is 5. The van der Waals surface area contributed by atoms with Gasteiger partial charge in [0.2, 0.25) is 5.91 Å². The van der Waals surface area contributed by atoms with Crippen molar-refractivity contribution in [1.29, 1.82) is 0 Å². The second-order valence-electron chi connectivity index (χ2n) is 7.48. The van der Waals surface area contributed by atoms with Crippen molar-refractivity contribution >= 4 is 70.1 Å². The van der Waals surface area contributed by atoms with E-state index in [4.69, 9.17) is 28.3 Å². The zero-order valence-corrected chi connectivity index (χ0v) is 21.1. The number of carboxylic acids is 2. The Balaban J connectivity index is 1.75. The van der Waals surface area contributed by atoms with Crippen LogP contribution in [-0.2, 0) is 4.79 Å². The number of rotatable bonds is 9. The Morgan fingerprint density at radius 3 is 2.31 bits per heavy atom. The van der Waals surface area contributed by atoms with Crippen LogP contribution >= 0.6 is 35.0 Å². The molecular weight excluding hydrogens is 527 g/mol. The molecule has 0 fully saturated rings. The Morgan fingerprint density at radius 2 is 1.64 bits per heavy atom. The molecule has 1 atom stereocenters. The molecule has 0 bridgehead atoms. The molecule has 36 heavy (non-hydrogen) atoms. The number of amides is 2. The molecule has 186 valence electrons. The van der Waals surface area contributed by atoms with Crippen LogP contribution in [0.2, 0.25) is 10.0 Å². The fourth-order valence-corrected chi connectivity index (χ4v) is 4.54. The second-order valence-corrected chi connectivity index (χ2v) is 9.60. The van der Waals surface area contributed by atoms with Gasteiger partial charge in [-0.2, -0.15) is 0 Å². The number of anilines is 2. The highest BCUT2D eigenvalue weighted by atomic mass is 35.5. The smallest absolute Gasteiger partial charge is 0.336 e. The zero-order valence-electron chi connectivity index (χ0n) is 18.7. The van der Waals surface area contributed by atoms with Crippen LogP contribution in [0.3, 0.4) is 0 Å². The predicted molar refractivity (Wildman–Crippen MR) is 140 cm³/mol. The molecule has 1 unspecified atom stereocenters. The summed E-state index contributed by atoms with van der Waals surface area (Å²) in [6, 6.07) is 14.7. The van der Waals surface area contributed by atoms with Gasteiger partial charge in [0.25, 0.3) is 5.91 Å². The molecule has 0 saturated carbocycles. The first kappa shape index (κ1) is 27.1. The molecule has 2 amide bonds. The topological polar surface area (TPSA) is 133 Å². The van der Waals surface area contributed by atoms with Gasteiger partial charge < -0.3 is 20.8 Å². The molecule has 0 spiro atoms. The molecule has 3 rings (SSSR count). The minimum absolute atomic E-state index is 0.185. The summed E-state index contributed by atoms with van der Waals surface area (Å²) in [7, 11) is 0. The van der Waals surface area contributed by atoms with Gasteiger partial charge in [-0.3, -0.25) is 9.59 Å². The number of hydrogen-bond donors (Lipinski definition) is 4. The van der Waals surface area contributed by atoms with E-state index in [0.717, 1.165) is 18.2 Å². The van der Waals surface area contributed by atoms with Crippen LogP contribution < -0.4 is 10.6 Å². The summed E-state index contributed by atoms with van der Waals surface area (Å²) in [5, 5.41) is 24.2. The summed E-state index contributed by atoms with van der Waals surface area (Å²) in [4.78, 5) is 49.0. The van der Waals surface area contributed by atoms with Crippen LogP contribution in [0.5, 0.6) is 0 Å². The van der Waals surface area contributed by atoms with Gasteiger partial charge >= 0.3 is 11.9 Å². The third-order valence-electron chi connectivity index (χ3n) is 4.96. The van der Waals surface area contributed by atoms with E-state index < -0.39 is 28.7 Å². The number of carboxylic acid groups (broad SMARTS) is 2. The lowest BCUT2D eigenvalue weighted by molar-refractivity contribution is -0.115.